The fourth-order valence-electron chi connectivity index (χ4n) is 2.56. The molecule has 0 bridgehead atoms. The number of nitrogens with one attached hydrogen (secondary N) is 2. The van der Waals surface area contributed by atoms with Crippen LogP contribution in [0.3, 0.4) is 0 Å². The van der Waals surface area contributed by atoms with E-state index in [2.05, 4.69) is 15.8 Å². The first-order chi connectivity index (χ1) is 14.4. The van der Waals surface area contributed by atoms with Crippen molar-refractivity contribution < 1.29 is 24.1 Å². The number of imidazole rings is 1. The number of hydrogen-bond donors (Lipinski definition) is 2. The van der Waals surface area contributed by atoms with Crippen molar-refractivity contribution in [1.82, 2.24) is 20.3 Å². The molecule has 1 atom stereocenters. The Balaban J connectivity index is 2.58. The number of aryl methyl sites for hydroxylation is 1. The summed E-state index contributed by atoms with van der Waals surface area (Å²) < 4.78 is 7.15. The lowest BCUT2D eigenvalue weighted by Crippen LogP contribution is -2.53. The van der Waals surface area contributed by atoms with Gasteiger partial charge < -0.3 is 20.2 Å². The van der Waals surface area contributed by atoms with Gasteiger partial charge in [0.1, 0.15) is 24.3 Å². The Kier molecular flexibility index (Phi) is 10.4. The second kappa shape index (κ2) is 12.0. The molecule has 0 aliphatic rings. The summed E-state index contributed by atoms with van der Waals surface area (Å²) in [6.07, 6.45) is 3.39. The Hall–Kier alpha value is -2.21. The highest BCUT2D eigenvalue weighted by molar-refractivity contribution is 5.87. The van der Waals surface area contributed by atoms with Crippen LogP contribution in [0.25, 0.3) is 0 Å². The summed E-state index contributed by atoms with van der Waals surface area (Å²) in [5.74, 6) is -0.210. The molecule has 0 radical (unpaired) electrons. The number of ketones is 2. The lowest BCUT2D eigenvalue weighted by Gasteiger charge is -2.30. The second-order valence-corrected chi connectivity index (χ2v) is 8.41. The summed E-state index contributed by atoms with van der Waals surface area (Å²) in [6.45, 7) is 11.6. The molecule has 0 saturated heterocycles. The average molecular weight is 442 g/mol. The third-order valence-electron chi connectivity index (χ3n) is 5.00. The van der Waals surface area contributed by atoms with Crippen molar-refractivity contribution in [2.45, 2.75) is 78.1 Å². The molecule has 1 aromatic heterocycles. The minimum atomic E-state index is -0.858. The zero-order chi connectivity index (χ0) is 23.7. The predicted octanol–water partition coefficient (Wildman–Crippen LogP) is 1.80. The van der Waals surface area contributed by atoms with Crippen LogP contribution in [0.5, 0.6) is 0 Å². The molecule has 0 fully saturated rings. The molecule has 1 heterocycles. The molecule has 1 aromatic rings. The van der Waals surface area contributed by atoms with Gasteiger partial charge in [0.15, 0.2) is 5.78 Å². The number of Topliss-reactive ketones (excluding diaryl/α,β-unsaturated/α-hetero) is 2. The van der Waals surface area contributed by atoms with E-state index in [-0.39, 0.29) is 24.1 Å². The van der Waals surface area contributed by atoms with E-state index in [1.165, 1.54) is 17.7 Å². The zero-order valence-electron chi connectivity index (χ0n) is 19.3. The highest BCUT2D eigenvalue weighted by Crippen LogP contribution is 2.10. The van der Waals surface area contributed by atoms with Gasteiger partial charge >= 0.3 is 5.95 Å². The van der Waals surface area contributed by atoms with E-state index >= 15 is 0 Å². The quantitative estimate of drug-likeness (QED) is 0.223. The van der Waals surface area contributed by atoms with Crippen LogP contribution in [-0.2, 0) is 25.7 Å². The topological polar surface area (TPSA) is 138 Å². The van der Waals surface area contributed by atoms with Gasteiger partial charge in [0.25, 0.3) is 0 Å². The van der Waals surface area contributed by atoms with Crippen LogP contribution < -0.4 is 10.8 Å². The summed E-state index contributed by atoms with van der Waals surface area (Å²) >= 11 is 0. The normalized spacial score (nSPS) is 13.2. The van der Waals surface area contributed by atoms with E-state index in [4.69, 9.17) is 9.57 Å². The van der Waals surface area contributed by atoms with Crippen molar-refractivity contribution in [1.29, 1.82) is 0 Å². The largest absolute Gasteiger partial charge is 0.434 e. The monoisotopic (exact) mass is 441 g/mol. The highest BCUT2D eigenvalue weighted by Gasteiger charge is 2.29. The Morgan fingerprint density at radius 2 is 1.97 bits per heavy atom. The number of nitrogens with zero attached hydrogens (tertiary/aromatic N) is 3. The van der Waals surface area contributed by atoms with Crippen molar-refractivity contribution in [3.05, 3.63) is 22.5 Å². The van der Waals surface area contributed by atoms with Crippen molar-refractivity contribution >= 4 is 17.5 Å². The van der Waals surface area contributed by atoms with E-state index in [0.717, 1.165) is 0 Å². The Morgan fingerprint density at radius 3 is 2.55 bits per heavy atom. The fraction of sp³-hybridized carbons (Fsp3) is 0.750. The second-order valence-electron chi connectivity index (χ2n) is 8.41. The third kappa shape index (κ3) is 8.82. The number of carbonyl (C=O) groups is 2. The summed E-state index contributed by atoms with van der Waals surface area (Å²) in [7, 11) is 0. The van der Waals surface area contributed by atoms with E-state index in [9.17, 15) is 19.7 Å². The molecule has 31 heavy (non-hydrogen) atoms. The number of hydrogen-bond acceptors (Lipinski definition) is 9. The van der Waals surface area contributed by atoms with Gasteiger partial charge in [0.2, 0.25) is 0 Å². The van der Waals surface area contributed by atoms with Gasteiger partial charge in [-0.2, -0.15) is 5.48 Å². The first-order valence-corrected chi connectivity index (χ1v) is 10.4. The predicted molar refractivity (Wildman–Crippen MR) is 114 cm³/mol. The maximum absolute atomic E-state index is 12.1. The van der Waals surface area contributed by atoms with Crippen LogP contribution in [-0.4, -0.2) is 63.0 Å². The molecule has 0 spiro atoms. The molecule has 11 nitrogen and oxygen atoms in total. The molecule has 0 amide bonds. The minimum Gasteiger partial charge on any atom is -0.390 e. The Bertz CT molecular complexity index is 746. The molecule has 0 aromatic carbocycles. The number of nitro groups is 1. The van der Waals surface area contributed by atoms with Gasteiger partial charge in [-0.15, -0.1) is 0 Å². The lowest BCUT2D eigenvalue weighted by molar-refractivity contribution is -0.396. The van der Waals surface area contributed by atoms with Crippen molar-refractivity contribution in [3.8, 4) is 0 Å². The van der Waals surface area contributed by atoms with E-state index in [1.807, 2.05) is 0 Å². The first-order valence-electron chi connectivity index (χ1n) is 10.4. The van der Waals surface area contributed by atoms with Gasteiger partial charge in [-0.3, -0.25) is 14.4 Å². The maximum atomic E-state index is 12.1. The molecular formula is C20H35N5O6. The Labute approximate surface area is 183 Å². The van der Waals surface area contributed by atoms with Crippen LogP contribution in [0.2, 0.25) is 0 Å². The summed E-state index contributed by atoms with van der Waals surface area (Å²) in [6, 6.07) is 0. The van der Waals surface area contributed by atoms with E-state index in [0.29, 0.717) is 32.5 Å². The standard InChI is InChI=1S/C20H35N5O6/c1-7-17(27)20(5,6)23-31-16(13-22-19(3,4)15(2)26)14-30-12-8-10-24-11-9-21-18(24)25(28)29/h9,11,16,22-23H,7-8,10,12-14H2,1-6H3. The average Bonchev–Trinajstić information content (AvgIpc) is 3.17. The summed E-state index contributed by atoms with van der Waals surface area (Å²) in [5, 5.41) is 14.1. The molecule has 1 unspecified atom stereocenters. The first kappa shape index (κ1) is 26.8. The molecule has 0 aliphatic heterocycles. The van der Waals surface area contributed by atoms with Crippen molar-refractivity contribution in [2.24, 2.45) is 0 Å². The van der Waals surface area contributed by atoms with Crippen LogP contribution >= 0.6 is 0 Å². The van der Waals surface area contributed by atoms with Gasteiger partial charge in [-0.25, -0.2) is 4.57 Å². The smallest absolute Gasteiger partial charge is 0.390 e. The highest BCUT2D eigenvalue weighted by atomic mass is 16.7. The Morgan fingerprint density at radius 1 is 1.29 bits per heavy atom. The molecule has 176 valence electrons. The SMILES string of the molecule is CCC(=O)C(C)(C)NOC(CNC(C)(C)C(C)=O)COCCCn1ccnc1[N+](=O)[O-]. The fourth-order valence-corrected chi connectivity index (χ4v) is 2.56. The van der Waals surface area contributed by atoms with Gasteiger partial charge in [0.05, 0.1) is 24.2 Å². The molecule has 0 saturated carbocycles. The summed E-state index contributed by atoms with van der Waals surface area (Å²) in [5.41, 5.74) is 1.23. The number of rotatable bonds is 16. The van der Waals surface area contributed by atoms with Crippen molar-refractivity contribution in [3.63, 3.8) is 0 Å². The molecule has 11 heteroatoms. The number of ether oxygens (including phenoxy) is 1. The molecule has 2 N–H and O–H groups in total. The van der Waals surface area contributed by atoms with E-state index < -0.39 is 22.1 Å². The van der Waals surface area contributed by atoms with Gasteiger partial charge in [-0.05, 0) is 39.5 Å². The minimum absolute atomic E-state index is 0.00567. The zero-order valence-corrected chi connectivity index (χ0v) is 19.3. The van der Waals surface area contributed by atoms with Crippen molar-refractivity contribution in [2.75, 3.05) is 19.8 Å². The van der Waals surface area contributed by atoms with Gasteiger partial charge in [0, 0.05) is 26.0 Å². The lowest BCUT2D eigenvalue weighted by atomic mass is 9.99. The molecule has 0 aliphatic carbocycles. The van der Waals surface area contributed by atoms with Crippen LogP contribution in [0.15, 0.2) is 12.4 Å². The third-order valence-corrected chi connectivity index (χ3v) is 5.00. The van der Waals surface area contributed by atoms with Crippen LogP contribution in [0.1, 0.15) is 54.4 Å². The number of carbonyl (C=O) groups excluding carboxylic acids is 2. The van der Waals surface area contributed by atoms with Crippen LogP contribution in [0.4, 0.5) is 5.95 Å². The van der Waals surface area contributed by atoms with Gasteiger partial charge in [-0.1, -0.05) is 11.9 Å². The maximum Gasteiger partial charge on any atom is 0.434 e. The van der Waals surface area contributed by atoms with E-state index in [1.54, 1.807) is 40.8 Å². The molecular weight excluding hydrogens is 406 g/mol. The summed E-state index contributed by atoms with van der Waals surface area (Å²) in [4.78, 5) is 43.6. The number of hydroxylamine groups is 1. The van der Waals surface area contributed by atoms with Crippen LogP contribution in [0, 0.1) is 10.1 Å². The number of aromatic nitrogens is 2. The molecule has 1 rings (SSSR count).